The van der Waals surface area contributed by atoms with E-state index in [1.165, 1.54) is 7.05 Å². The molecular formula is C19H15N3O2. The molecule has 0 fully saturated rings. The van der Waals surface area contributed by atoms with Crippen molar-refractivity contribution < 1.29 is 0 Å². The van der Waals surface area contributed by atoms with Crippen molar-refractivity contribution in [2.45, 2.75) is 0 Å². The summed E-state index contributed by atoms with van der Waals surface area (Å²) in [5.74, 6) is 0.403. The molecule has 0 saturated carbocycles. The summed E-state index contributed by atoms with van der Waals surface area (Å²) in [6, 6.07) is 17.6. The third-order valence-corrected chi connectivity index (χ3v) is 4.40. The molecule has 0 amide bonds. The number of para-hydroxylation sites is 1. The number of pyridine rings is 1. The van der Waals surface area contributed by atoms with Crippen LogP contribution in [0.1, 0.15) is 0 Å². The minimum absolute atomic E-state index is 0.329. The van der Waals surface area contributed by atoms with Crippen molar-refractivity contribution in [2.24, 2.45) is 14.1 Å². The van der Waals surface area contributed by atoms with Crippen molar-refractivity contribution in [3.8, 4) is 22.5 Å². The van der Waals surface area contributed by atoms with Gasteiger partial charge in [-0.15, -0.1) is 0 Å². The molecule has 24 heavy (non-hydrogen) atoms. The summed E-state index contributed by atoms with van der Waals surface area (Å²) in [4.78, 5) is 29.0. The molecule has 0 bridgehead atoms. The van der Waals surface area contributed by atoms with Gasteiger partial charge in [0, 0.05) is 30.6 Å². The number of fused-ring (bicyclic) bond motifs is 2. The van der Waals surface area contributed by atoms with E-state index in [2.05, 4.69) is 4.98 Å². The van der Waals surface area contributed by atoms with Crippen molar-refractivity contribution in [2.75, 3.05) is 0 Å². The number of aromatic nitrogens is 3. The van der Waals surface area contributed by atoms with E-state index in [0.717, 1.165) is 26.6 Å². The molecule has 0 N–H and O–H groups in total. The molecule has 2 aromatic rings. The minimum Gasteiger partial charge on any atom is -0.328 e. The van der Waals surface area contributed by atoms with Gasteiger partial charge in [-0.1, -0.05) is 48.5 Å². The van der Waals surface area contributed by atoms with Gasteiger partial charge in [0.2, 0.25) is 0 Å². The van der Waals surface area contributed by atoms with Gasteiger partial charge in [0.05, 0.1) is 5.56 Å². The molecule has 0 aromatic heterocycles. The van der Waals surface area contributed by atoms with Gasteiger partial charge in [0.25, 0.3) is 5.56 Å². The van der Waals surface area contributed by atoms with Crippen molar-refractivity contribution in [1.82, 2.24) is 14.1 Å². The number of nitrogens with zero attached hydrogens (tertiary/aromatic N) is 3. The second-order valence-corrected chi connectivity index (χ2v) is 5.77. The highest BCUT2D eigenvalue weighted by atomic mass is 16.2. The molecule has 0 atom stereocenters. The molecule has 5 nitrogen and oxygen atoms in total. The van der Waals surface area contributed by atoms with Gasteiger partial charge in [-0.2, -0.15) is 4.98 Å². The minimum atomic E-state index is -0.544. The second-order valence-electron chi connectivity index (χ2n) is 5.77. The molecule has 2 aliphatic rings. The highest BCUT2D eigenvalue weighted by Crippen LogP contribution is 2.36. The molecule has 5 heteroatoms. The Kier molecular flexibility index (Phi) is 3.09. The van der Waals surface area contributed by atoms with Crippen LogP contribution in [0.4, 0.5) is 0 Å². The molecule has 4 rings (SSSR count). The van der Waals surface area contributed by atoms with Crippen molar-refractivity contribution >= 4 is 10.9 Å². The van der Waals surface area contributed by atoms with Crippen LogP contribution in [-0.2, 0) is 14.1 Å². The molecule has 2 aromatic carbocycles. The molecule has 2 aliphatic heterocycles. The topological polar surface area (TPSA) is 56.9 Å². The first-order valence-corrected chi connectivity index (χ1v) is 7.63. The molecule has 0 spiro atoms. The maximum Gasteiger partial charge on any atom is 0.352 e. The van der Waals surface area contributed by atoms with Crippen LogP contribution < -0.4 is 11.2 Å². The van der Waals surface area contributed by atoms with E-state index in [1.807, 2.05) is 61.6 Å². The van der Waals surface area contributed by atoms with Gasteiger partial charge < -0.3 is 4.57 Å². The molecule has 118 valence electrons. The van der Waals surface area contributed by atoms with E-state index in [4.69, 9.17) is 0 Å². The predicted molar refractivity (Wildman–Crippen MR) is 94.3 cm³/mol. The van der Waals surface area contributed by atoms with E-state index in [9.17, 15) is 9.59 Å². The SMILES string of the molecule is Cn1c(=O)nc2n(C)c3ccccc3c(-c3ccccc3)c-2c1=O. The van der Waals surface area contributed by atoms with Crippen molar-refractivity contribution in [1.29, 1.82) is 0 Å². The van der Waals surface area contributed by atoms with Crippen LogP contribution in [0.3, 0.4) is 0 Å². The molecule has 2 heterocycles. The molecule has 0 radical (unpaired) electrons. The number of rotatable bonds is 1. The summed E-state index contributed by atoms with van der Waals surface area (Å²) in [6.07, 6.45) is 0. The Morgan fingerprint density at radius 2 is 1.46 bits per heavy atom. The average Bonchev–Trinajstić information content (AvgIpc) is 2.62. The lowest BCUT2D eigenvalue weighted by atomic mass is 9.95. The first-order valence-electron chi connectivity index (χ1n) is 7.63. The summed E-state index contributed by atoms with van der Waals surface area (Å²) in [5, 5.41) is 0.955. The normalized spacial score (nSPS) is 11.2. The zero-order valence-electron chi connectivity index (χ0n) is 13.4. The molecule has 0 unspecified atom stereocenters. The zero-order valence-corrected chi connectivity index (χ0v) is 13.4. The van der Waals surface area contributed by atoms with Crippen LogP contribution in [0.25, 0.3) is 33.4 Å². The summed E-state index contributed by atoms with van der Waals surface area (Å²) in [6.45, 7) is 0. The monoisotopic (exact) mass is 317 g/mol. The van der Waals surface area contributed by atoms with Crippen molar-refractivity contribution in [3.63, 3.8) is 0 Å². The van der Waals surface area contributed by atoms with Crippen LogP contribution in [-0.4, -0.2) is 14.1 Å². The Morgan fingerprint density at radius 3 is 2.21 bits per heavy atom. The number of benzene rings is 2. The van der Waals surface area contributed by atoms with Gasteiger partial charge >= 0.3 is 5.69 Å². The Morgan fingerprint density at radius 1 is 0.792 bits per heavy atom. The summed E-state index contributed by atoms with van der Waals surface area (Å²) < 4.78 is 2.86. The number of hydrogen-bond donors (Lipinski definition) is 0. The zero-order chi connectivity index (χ0) is 16.8. The molecule has 0 saturated heterocycles. The average molecular weight is 317 g/mol. The van der Waals surface area contributed by atoms with Crippen LogP contribution in [0.15, 0.2) is 64.2 Å². The van der Waals surface area contributed by atoms with Crippen LogP contribution in [0, 0.1) is 0 Å². The van der Waals surface area contributed by atoms with Gasteiger partial charge in [-0.3, -0.25) is 9.36 Å². The summed E-state index contributed by atoms with van der Waals surface area (Å²) in [7, 11) is 3.28. The van der Waals surface area contributed by atoms with Gasteiger partial charge in [0.1, 0.15) is 0 Å². The summed E-state index contributed by atoms with van der Waals surface area (Å²) in [5.41, 5.74) is 2.25. The Bertz CT molecular complexity index is 1160. The number of hydrogen-bond acceptors (Lipinski definition) is 3. The van der Waals surface area contributed by atoms with E-state index >= 15 is 0 Å². The van der Waals surface area contributed by atoms with Crippen LogP contribution in [0.2, 0.25) is 0 Å². The van der Waals surface area contributed by atoms with Crippen LogP contribution in [0.5, 0.6) is 0 Å². The van der Waals surface area contributed by atoms with Gasteiger partial charge in [-0.25, -0.2) is 4.79 Å². The standard InChI is InChI=1S/C19H15N3O2/c1-21-14-11-7-6-10-13(14)15(12-8-4-3-5-9-12)16-17(21)20-19(24)22(2)18(16)23/h3-11H,1-2H3. The molecule has 0 aliphatic carbocycles. The first kappa shape index (κ1) is 14.4. The van der Waals surface area contributed by atoms with Gasteiger partial charge in [-0.05, 0) is 11.6 Å². The van der Waals surface area contributed by atoms with Crippen LogP contribution >= 0.6 is 0 Å². The lowest BCUT2D eigenvalue weighted by Gasteiger charge is -2.19. The van der Waals surface area contributed by atoms with Crippen molar-refractivity contribution in [3.05, 3.63) is 75.4 Å². The highest BCUT2D eigenvalue weighted by Gasteiger charge is 2.23. The third kappa shape index (κ3) is 1.91. The summed E-state index contributed by atoms with van der Waals surface area (Å²) >= 11 is 0. The fraction of sp³-hybridized carbons (Fsp3) is 0.105. The first-order chi connectivity index (χ1) is 11.6. The lowest BCUT2D eigenvalue weighted by molar-refractivity contribution is 0.757. The molecular weight excluding hydrogens is 302 g/mol. The fourth-order valence-corrected chi connectivity index (χ4v) is 3.16. The van der Waals surface area contributed by atoms with E-state index in [1.54, 1.807) is 4.57 Å². The third-order valence-electron chi connectivity index (χ3n) is 4.40. The predicted octanol–water partition coefficient (Wildman–Crippen LogP) is 2.40. The second kappa shape index (κ2) is 5.16. The number of aryl methyl sites for hydroxylation is 1. The maximum absolute atomic E-state index is 12.8. The Labute approximate surface area is 137 Å². The van der Waals surface area contributed by atoms with E-state index in [0.29, 0.717) is 11.4 Å². The largest absolute Gasteiger partial charge is 0.352 e. The van der Waals surface area contributed by atoms with Gasteiger partial charge in [0.15, 0.2) is 5.82 Å². The Balaban J connectivity index is 2.36. The van der Waals surface area contributed by atoms with E-state index < -0.39 is 5.69 Å². The highest BCUT2D eigenvalue weighted by molar-refractivity contribution is 6.02. The maximum atomic E-state index is 12.8. The quantitative estimate of drug-likeness (QED) is 0.507. The lowest BCUT2D eigenvalue weighted by Crippen LogP contribution is -2.36. The van der Waals surface area contributed by atoms with E-state index in [-0.39, 0.29) is 5.56 Å². The fourth-order valence-electron chi connectivity index (χ4n) is 3.16. The smallest absolute Gasteiger partial charge is 0.328 e. The Hall–Kier alpha value is -3.21.